The number of rotatable bonds is 6. The van der Waals surface area contributed by atoms with Crippen LogP contribution >= 0.6 is 0 Å². The number of carbonyl (C=O) groups is 1. The number of hydrogen-bond donors (Lipinski definition) is 3. The van der Waals surface area contributed by atoms with E-state index in [2.05, 4.69) is 36.5 Å². The van der Waals surface area contributed by atoms with Crippen molar-refractivity contribution < 1.29 is 13.7 Å². The van der Waals surface area contributed by atoms with Crippen LogP contribution in [0.5, 0.6) is 5.75 Å². The van der Waals surface area contributed by atoms with Gasteiger partial charge >= 0.3 is 0 Å². The molecular weight excluding hydrogens is 440 g/mol. The SMILES string of the molecule is Cc1ccc(N2CCCC(COc3cccc4c3C(N)=NS(=O)N4)C2)nc1.O=CNC1CC1. The minimum Gasteiger partial charge on any atom is -0.492 e. The lowest BCUT2D eigenvalue weighted by Crippen LogP contribution is -2.38. The van der Waals surface area contributed by atoms with Gasteiger partial charge in [0.15, 0.2) is 0 Å². The Bertz CT molecular complexity index is 1030. The smallest absolute Gasteiger partial charge is 0.245 e. The van der Waals surface area contributed by atoms with Gasteiger partial charge in [-0.25, -0.2) is 9.19 Å². The second-order valence-electron chi connectivity index (χ2n) is 8.52. The van der Waals surface area contributed by atoms with Gasteiger partial charge in [-0.05, 0) is 56.4 Å². The van der Waals surface area contributed by atoms with Crippen molar-refractivity contribution in [2.45, 2.75) is 38.6 Å². The molecule has 2 atom stereocenters. The predicted octanol–water partition coefficient (Wildman–Crippen LogP) is 2.29. The third-order valence-corrected chi connectivity index (χ3v) is 6.51. The van der Waals surface area contributed by atoms with Crippen LogP contribution in [-0.4, -0.2) is 47.2 Å². The number of nitrogens with two attached hydrogens (primary N) is 1. The Morgan fingerprint density at radius 1 is 1.30 bits per heavy atom. The van der Waals surface area contributed by atoms with Crippen LogP contribution in [0, 0.1) is 12.8 Å². The van der Waals surface area contributed by atoms with E-state index in [1.807, 2.05) is 31.3 Å². The number of nitrogens with one attached hydrogen (secondary N) is 2. The highest BCUT2D eigenvalue weighted by Crippen LogP contribution is 2.30. The summed E-state index contributed by atoms with van der Waals surface area (Å²) in [6.07, 6.45) is 7.25. The molecule has 1 saturated heterocycles. The fraction of sp³-hybridized carbons (Fsp3) is 0.435. The van der Waals surface area contributed by atoms with Crippen molar-refractivity contribution >= 4 is 34.9 Å². The maximum Gasteiger partial charge on any atom is 0.245 e. The van der Waals surface area contributed by atoms with Gasteiger partial charge in [-0.15, -0.1) is 0 Å². The Morgan fingerprint density at radius 2 is 2.15 bits per heavy atom. The predicted molar refractivity (Wildman–Crippen MR) is 131 cm³/mol. The molecule has 2 aliphatic heterocycles. The summed E-state index contributed by atoms with van der Waals surface area (Å²) < 4.78 is 24.4. The van der Waals surface area contributed by atoms with E-state index in [1.54, 1.807) is 0 Å². The van der Waals surface area contributed by atoms with Crippen molar-refractivity contribution in [2.24, 2.45) is 16.0 Å². The number of aryl methyl sites for hydroxylation is 1. The number of amides is 1. The summed E-state index contributed by atoms with van der Waals surface area (Å²) in [6.45, 7) is 4.57. The van der Waals surface area contributed by atoms with Crippen LogP contribution < -0.4 is 25.4 Å². The second kappa shape index (κ2) is 10.7. The number of anilines is 2. The molecule has 4 N–H and O–H groups in total. The molecule has 1 aromatic carbocycles. The molecule has 33 heavy (non-hydrogen) atoms. The highest BCUT2D eigenvalue weighted by Gasteiger charge is 2.24. The number of hydrogen-bond acceptors (Lipinski definition) is 6. The first-order valence-corrected chi connectivity index (χ1v) is 12.3. The molecule has 9 nitrogen and oxygen atoms in total. The number of nitrogens with zero attached hydrogens (tertiary/aromatic N) is 3. The lowest BCUT2D eigenvalue weighted by Gasteiger charge is -2.33. The summed E-state index contributed by atoms with van der Waals surface area (Å²) >= 11 is -1.53. The molecule has 2 aromatic rings. The summed E-state index contributed by atoms with van der Waals surface area (Å²) in [5.41, 5.74) is 8.51. The first kappa shape index (κ1) is 23.0. The first-order chi connectivity index (χ1) is 16.0. The Labute approximate surface area is 196 Å². The van der Waals surface area contributed by atoms with E-state index in [9.17, 15) is 9.00 Å². The van der Waals surface area contributed by atoms with Crippen molar-refractivity contribution in [2.75, 3.05) is 29.3 Å². The fourth-order valence-electron chi connectivity index (χ4n) is 3.86. The fourth-order valence-corrected chi connectivity index (χ4v) is 4.54. The summed E-state index contributed by atoms with van der Waals surface area (Å²) in [4.78, 5) is 16.4. The molecular formula is C23H30N6O3S. The van der Waals surface area contributed by atoms with Crippen LogP contribution in [0.4, 0.5) is 11.5 Å². The zero-order valence-corrected chi connectivity index (χ0v) is 19.5. The maximum atomic E-state index is 11.6. The number of piperidine rings is 1. The van der Waals surface area contributed by atoms with Gasteiger partial charge in [-0.3, -0.25) is 9.52 Å². The van der Waals surface area contributed by atoms with Gasteiger partial charge in [0, 0.05) is 31.2 Å². The highest BCUT2D eigenvalue weighted by atomic mass is 32.2. The van der Waals surface area contributed by atoms with Gasteiger partial charge in [0.2, 0.25) is 17.6 Å². The van der Waals surface area contributed by atoms with Crippen LogP contribution in [0.2, 0.25) is 0 Å². The molecule has 10 heteroatoms. The molecule has 0 bridgehead atoms. The molecule has 2 unspecified atom stereocenters. The van der Waals surface area contributed by atoms with Crippen LogP contribution in [-0.2, 0) is 16.0 Å². The molecule has 1 amide bonds. The Balaban J connectivity index is 0.000000376. The van der Waals surface area contributed by atoms with Crippen LogP contribution in [0.3, 0.4) is 0 Å². The quantitative estimate of drug-likeness (QED) is 0.557. The third-order valence-electron chi connectivity index (χ3n) is 5.76. The summed E-state index contributed by atoms with van der Waals surface area (Å²) in [5, 5.41) is 2.64. The highest BCUT2D eigenvalue weighted by molar-refractivity contribution is 7.85. The van der Waals surface area contributed by atoms with Crippen LogP contribution in [0.25, 0.3) is 0 Å². The number of aromatic nitrogens is 1. The number of ether oxygens (including phenoxy) is 1. The average Bonchev–Trinajstić information content (AvgIpc) is 3.63. The normalized spacial score (nSPS) is 21.5. The van der Waals surface area contributed by atoms with Gasteiger partial charge < -0.3 is 20.7 Å². The van der Waals surface area contributed by atoms with Crippen molar-refractivity contribution in [1.29, 1.82) is 0 Å². The Morgan fingerprint density at radius 3 is 2.85 bits per heavy atom. The van der Waals surface area contributed by atoms with Gasteiger partial charge in [-0.2, -0.15) is 4.40 Å². The van der Waals surface area contributed by atoms with E-state index < -0.39 is 11.2 Å². The molecule has 176 valence electrons. The average molecular weight is 471 g/mol. The van der Waals surface area contributed by atoms with Gasteiger partial charge in [0.05, 0.1) is 17.9 Å². The Hall–Kier alpha value is -3.14. The molecule has 1 aliphatic carbocycles. The number of pyridine rings is 1. The van der Waals surface area contributed by atoms with Gasteiger partial charge in [0.1, 0.15) is 17.4 Å². The standard InChI is InChI=1S/C19H23N5O2S.C4H7NO/c1-13-7-8-17(21-10-13)24-9-3-4-14(11-24)12-26-16-6-2-5-15-18(16)19(20)23-27(25)22-15;6-3-5-4-1-2-4/h2,5-8,10,14,22H,3-4,9,11-12H2,1H3,(H2,20,23);3-4H,1-2H2,(H,5,6). The van der Waals surface area contributed by atoms with Crippen molar-refractivity contribution in [3.8, 4) is 5.75 Å². The minimum atomic E-state index is -1.53. The largest absolute Gasteiger partial charge is 0.492 e. The molecule has 0 radical (unpaired) electrons. The first-order valence-electron chi connectivity index (χ1n) is 11.2. The molecule has 5 rings (SSSR count). The number of amidine groups is 1. The molecule has 0 spiro atoms. The minimum absolute atomic E-state index is 0.242. The zero-order valence-electron chi connectivity index (χ0n) is 18.7. The summed E-state index contributed by atoms with van der Waals surface area (Å²) in [6, 6.07) is 10.3. The number of fused-ring (bicyclic) bond motifs is 1. The van der Waals surface area contributed by atoms with E-state index in [-0.39, 0.29) is 5.84 Å². The topological polar surface area (TPSA) is 122 Å². The monoisotopic (exact) mass is 470 g/mol. The summed E-state index contributed by atoms with van der Waals surface area (Å²) in [7, 11) is 0. The van der Waals surface area contributed by atoms with E-state index in [0.717, 1.165) is 38.2 Å². The van der Waals surface area contributed by atoms with E-state index >= 15 is 0 Å². The van der Waals surface area contributed by atoms with Crippen molar-refractivity contribution in [3.05, 3.63) is 47.7 Å². The maximum absolute atomic E-state index is 11.6. The molecule has 3 aliphatic rings. The third kappa shape index (κ3) is 6.22. The van der Waals surface area contributed by atoms with Crippen LogP contribution in [0.15, 0.2) is 40.9 Å². The molecule has 2 fully saturated rings. The lowest BCUT2D eigenvalue weighted by molar-refractivity contribution is -0.109. The van der Waals surface area contributed by atoms with Gasteiger partial charge in [0.25, 0.3) is 0 Å². The molecule has 3 heterocycles. The summed E-state index contributed by atoms with van der Waals surface area (Å²) in [5.74, 6) is 2.34. The Kier molecular flexibility index (Phi) is 7.43. The molecule has 1 saturated carbocycles. The van der Waals surface area contributed by atoms with Crippen molar-refractivity contribution in [3.63, 3.8) is 0 Å². The van der Waals surface area contributed by atoms with Crippen molar-refractivity contribution in [1.82, 2.24) is 10.3 Å². The van der Waals surface area contributed by atoms with Gasteiger partial charge in [-0.1, -0.05) is 12.1 Å². The zero-order chi connectivity index (χ0) is 23.2. The van der Waals surface area contributed by atoms with E-state index in [0.29, 0.717) is 35.6 Å². The number of benzene rings is 1. The second-order valence-corrected chi connectivity index (χ2v) is 9.41. The lowest BCUT2D eigenvalue weighted by atomic mass is 9.99. The van der Waals surface area contributed by atoms with E-state index in [4.69, 9.17) is 10.5 Å². The number of carbonyl (C=O) groups excluding carboxylic acids is 1. The molecule has 1 aromatic heterocycles. The van der Waals surface area contributed by atoms with Crippen LogP contribution in [0.1, 0.15) is 36.8 Å². The van der Waals surface area contributed by atoms with E-state index in [1.165, 1.54) is 18.4 Å².